The number of carbonyl (C=O) groups excluding carboxylic acids is 2. The van der Waals surface area contributed by atoms with Crippen molar-refractivity contribution in [1.82, 2.24) is 14.1 Å². The van der Waals surface area contributed by atoms with Gasteiger partial charge >= 0.3 is 0 Å². The number of carbonyl (C=O) groups is 2. The molecule has 1 aromatic carbocycles. The predicted molar refractivity (Wildman–Crippen MR) is 141 cm³/mol. The first-order chi connectivity index (χ1) is 17.3. The topological polar surface area (TPSA) is 90.0 Å². The second-order valence-corrected chi connectivity index (χ2v) is 13.0. The minimum Gasteiger partial charge on any atom is -0.339 e. The van der Waals surface area contributed by atoms with Crippen LogP contribution in [-0.4, -0.2) is 74.1 Å². The van der Waals surface area contributed by atoms with Crippen molar-refractivity contribution in [2.45, 2.75) is 56.4 Å². The number of hydrogen-bond acceptors (Lipinski definition) is 6. The summed E-state index contributed by atoms with van der Waals surface area (Å²) in [5, 5.41) is 3.58. The van der Waals surface area contributed by atoms with Crippen LogP contribution in [0.5, 0.6) is 0 Å². The summed E-state index contributed by atoms with van der Waals surface area (Å²) in [4.78, 5) is 32.1. The second-order valence-electron chi connectivity index (χ2n) is 9.99. The van der Waals surface area contributed by atoms with Gasteiger partial charge in [0.15, 0.2) is 0 Å². The standard InChI is InChI=1S/C26H34N4O4S2/c1-28-17-12-21-22(18-28)35-25(23(21)26(32)29-13-6-7-14-29)27-24(31)19-8-10-20(11-9-19)36(33,34)30-15-4-2-3-5-16-30/h8-11H,2-7,12-18H2,1H3,(H,27,31). The van der Waals surface area contributed by atoms with E-state index in [2.05, 4.69) is 17.3 Å². The van der Waals surface area contributed by atoms with Gasteiger partial charge in [-0.15, -0.1) is 11.3 Å². The number of amides is 2. The van der Waals surface area contributed by atoms with Gasteiger partial charge in [-0.05, 0) is 69.0 Å². The quantitative estimate of drug-likeness (QED) is 0.635. The highest BCUT2D eigenvalue weighted by molar-refractivity contribution is 7.89. The lowest BCUT2D eigenvalue weighted by Crippen LogP contribution is -2.32. The van der Waals surface area contributed by atoms with Crippen LogP contribution in [0.4, 0.5) is 5.00 Å². The molecule has 4 heterocycles. The highest BCUT2D eigenvalue weighted by Gasteiger charge is 2.31. The van der Waals surface area contributed by atoms with E-state index in [4.69, 9.17) is 0 Å². The normalized spacial score (nSPS) is 19.6. The highest BCUT2D eigenvalue weighted by atomic mass is 32.2. The van der Waals surface area contributed by atoms with Gasteiger partial charge in [-0.2, -0.15) is 4.31 Å². The average Bonchev–Trinajstić information content (AvgIpc) is 3.43. The molecular weight excluding hydrogens is 496 g/mol. The van der Waals surface area contributed by atoms with Crippen LogP contribution in [0.25, 0.3) is 0 Å². The molecule has 10 heteroatoms. The number of hydrogen-bond donors (Lipinski definition) is 1. The molecule has 2 fully saturated rings. The zero-order valence-electron chi connectivity index (χ0n) is 20.8. The molecule has 3 aliphatic heterocycles. The number of benzene rings is 1. The fourth-order valence-electron chi connectivity index (χ4n) is 5.31. The third-order valence-electron chi connectivity index (χ3n) is 7.40. The number of likely N-dealkylation sites (N-methyl/N-ethyl adjacent to an activating group) is 1. The van der Waals surface area contributed by atoms with Crippen molar-refractivity contribution in [3.63, 3.8) is 0 Å². The van der Waals surface area contributed by atoms with E-state index < -0.39 is 10.0 Å². The van der Waals surface area contributed by atoms with Crippen LogP contribution < -0.4 is 5.32 Å². The lowest BCUT2D eigenvalue weighted by Gasteiger charge is -2.23. The van der Waals surface area contributed by atoms with Crippen LogP contribution in [0, 0.1) is 0 Å². The summed E-state index contributed by atoms with van der Waals surface area (Å²) in [5.41, 5.74) is 2.07. The Morgan fingerprint density at radius 2 is 1.53 bits per heavy atom. The lowest BCUT2D eigenvalue weighted by atomic mass is 10.0. The number of nitrogens with one attached hydrogen (secondary N) is 1. The van der Waals surface area contributed by atoms with Gasteiger partial charge in [0.05, 0.1) is 10.5 Å². The van der Waals surface area contributed by atoms with E-state index in [9.17, 15) is 18.0 Å². The van der Waals surface area contributed by atoms with Gasteiger partial charge in [0, 0.05) is 49.7 Å². The summed E-state index contributed by atoms with van der Waals surface area (Å²) < 4.78 is 27.7. The molecule has 0 aliphatic carbocycles. The minimum atomic E-state index is -3.57. The van der Waals surface area contributed by atoms with Crippen molar-refractivity contribution >= 4 is 38.2 Å². The summed E-state index contributed by atoms with van der Waals surface area (Å²) in [7, 11) is -1.51. The number of nitrogens with zero attached hydrogens (tertiary/aromatic N) is 3. The van der Waals surface area contributed by atoms with E-state index in [-0.39, 0.29) is 16.7 Å². The molecule has 0 bridgehead atoms. The largest absolute Gasteiger partial charge is 0.339 e. The van der Waals surface area contributed by atoms with Gasteiger partial charge in [-0.3, -0.25) is 9.59 Å². The van der Waals surface area contributed by atoms with Crippen molar-refractivity contribution in [2.75, 3.05) is 45.1 Å². The third kappa shape index (κ3) is 5.09. The van der Waals surface area contributed by atoms with Crippen molar-refractivity contribution in [1.29, 1.82) is 0 Å². The number of thiophene rings is 1. The Kier molecular flexibility index (Phi) is 7.48. The first kappa shape index (κ1) is 25.4. The molecule has 194 valence electrons. The first-order valence-electron chi connectivity index (χ1n) is 12.9. The van der Waals surface area contributed by atoms with E-state index in [0.29, 0.717) is 29.2 Å². The smallest absolute Gasteiger partial charge is 0.257 e. The molecule has 0 spiro atoms. The molecule has 1 aromatic heterocycles. The Labute approximate surface area is 217 Å². The second kappa shape index (κ2) is 10.6. The number of rotatable bonds is 5. The summed E-state index contributed by atoms with van der Waals surface area (Å²) in [5.74, 6) is -0.333. The van der Waals surface area contributed by atoms with Crippen molar-refractivity contribution in [3.05, 3.63) is 45.8 Å². The van der Waals surface area contributed by atoms with Crippen molar-refractivity contribution in [3.8, 4) is 0 Å². The summed E-state index contributed by atoms with van der Waals surface area (Å²) in [6.07, 6.45) is 6.66. The lowest BCUT2D eigenvalue weighted by molar-refractivity contribution is 0.0792. The molecule has 8 nitrogen and oxygen atoms in total. The van der Waals surface area contributed by atoms with Crippen LogP contribution in [0.15, 0.2) is 29.2 Å². The summed E-state index contributed by atoms with van der Waals surface area (Å²) >= 11 is 1.48. The SMILES string of the molecule is CN1CCc2c(sc(NC(=O)c3ccc(S(=O)(=O)N4CCCCCC4)cc3)c2C(=O)N2CCCC2)C1. The van der Waals surface area contributed by atoms with Gasteiger partial charge in [-0.1, -0.05) is 12.8 Å². The molecular formula is C26H34N4O4S2. The van der Waals surface area contributed by atoms with Crippen molar-refractivity contribution in [2.24, 2.45) is 0 Å². The number of likely N-dealkylation sites (tertiary alicyclic amines) is 1. The zero-order valence-corrected chi connectivity index (χ0v) is 22.4. The van der Waals surface area contributed by atoms with Crippen LogP contribution in [0.2, 0.25) is 0 Å². The summed E-state index contributed by atoms with van der Waals surface area (Å²) in [6.45, 7) is 4.23. The predicted octanol–water partition coefficient (Wildman–Crippen LogP) is 3.79. The molecule has 2 amide bonds. The Morgan fingerprint density at radius 3 is 2.19 bits per heavy atom. The fourth-order valence-corrected chi connectivity index (χ4v) is 8.14. The molecule has 3 aliphatic rings. The summed E-state index contributed by atoms with van der Waals surface area (Å²) in [6, 6.07) is 6.15. The number of fused-ring (bicyclic) bond motifs is 1. The Balaban J connectivity index is 1.37. The van der Waals surface area contributed by atoms with E-state index in [1.807, 2.05) is 4.90 Å². The number of anilines is 1. The van der Waals surface area contributed by atoms with Gasteiger partial charge in [0.25, 0.3) is 11.8 Å². The van der Waals surface area contributed by atoms with E-state index in [1.54, 1.807) is 16.4 Å². The molecule has 0 radical (unpaired) electrons. The maximum Gasteiger partial charge on any atom is 0.257 e. The minimum absolute atomic E-state index is 0.00347. The molecule has 5 rings (SSSR count). The maximum absolute atomic E-state index is 13.4. The van der Waals surface area contributed by atoms with Crippen LogP contribution in [0.3, 0.4) is 0 Å². The Hall–Kier alpha value is -2.27. The highest BCUT2D eigenvalue weighted by Crippen LogP contribution is 2.38. The van der Waals surface area contributed by atoms with E-state index in [0.717, 1.165) is 81.6 Å². The number of sulfonamides is 1. The third-order valence-corrected chi connectivity index (χ3v) is 10.4. The van der Waals surface area contributed by atoms with Gasteiger partial charge in [0.1, 0.15) is 5.00 Å². The van der Waals surface area contributed by atoms with Crippen molar-refractivity contribution < 1.29 is 18.0 Å². The molecule has 0 atom stereocenters. The van der Waals surface area contributed by atoms with Crippen LogP contribution in [-0.2, 0) is 23.0 Å². The Morgan fingerprint density at radius 1 is 0.889 bits per heavy atom. The zero-order chi connectivity index (χ0) is 25.3. The maximum atomic E-state index is 13.4. The fraction of sp³-hybridized carbons (Fsp3) is 0.538. The van der Waals surface area contributed by atoms with E-state index >= 15 is 0 Å². The van der Waals surface area contributed by atoms with Gasteiger partial charge < -0.3 is 15.1 Å². The van der Waals surface area contributed by atoms with Crippen LogP contribution in [0.1, 0.15) is 69.7 Å². The molecule has 2 aromatic rings. The Bertz CT molecular complexity index is 1230. The van der Waals surface area contributed by atoms with Gasteiger partial charge in [-0.25, -0.2) is 8.42 Å². The molecule has 0 saturated carbocycles. The monoisotopic (exact) mass is 530 g/mol. The first-order valence-corrected chi connectivity index (χ1v) is 15.1. The van der Waals surface area contributed by atoms with Crippen LogP contribution >= 0.6 is 11.3 Å². The van der Waals surface area contributed by atoms with E-state index in [1.165, 1.54) is 23.5 Å². The molecule has 36 heavy (non-hydrogen) atoms. The average molecular weight is 531 g/mol. The van der Waals surface area contributed by atoms with Gasteiger partial charge in [0.2, 0.25) is 10.0 Å². The molecule has 0 unspecified atom stereocenters. The molecule has 1 N–H and O–H groups in total. The molecule has 2 saturated heterocycles.